The predicted molar refractivity (Wildman–Crippen MR) is 92.9 cm³/mol. The molecule has 1 unspecified atom stereocenters. The zero-order chi connectivity index (χ0) is 16.6. The second-order valence-electron chi connectivity index (χ2n) is 7.15. The number of carbonyl (C=O) groups excluding carboxylic acids is 1. The van der Waals surface area contributed by atoms with Gasteiger partial charge >= 0.3 is 0 Å². The summed E-state index contributed by atoms with van der Waals surface area (Å²) >= 11 is 12.5. The van der Waals surface area contributed by atoms with Crippen LogP contribution in [0.3, 0.4) is 0 Å². The van der Waals surface area contributed by atoms with Crippen molar-refractivity contribution >= 4 is 29.1 Å². The van der Waals surface area contributed by atoms with Gasteiger partial charge in [0.15, 0.2) is 0 Å². The first kappa shape index (κ1) is 17.1. The Hall–Kier alpha value is -0.770. The molecule has 1 aromatic carbocycles. The summed E-state index contributed by atoms with van der Waals surface area (Å²) < 4.78 is 0. The van der Waals surface area contributed by atoms with Crippen molar-refractivity contribution in [1.29, 1.82) is 0 Å². The number of carbonyl (C=O) groups is 1. The van der Waals surface area contributed by atoms with Crippen molar-refractivity contribution in [2.24, 2.45) is 5.92 Å². The zero-order valence-electron chi connectivity index (χ0n) is 13.4. The fraction of sp³-hybridized carbons (Fsp3) is 0.611. The number of rotatable bonds is 3. The van der Waals surface area contributed by atoms with Crippen LogP contribution in [0, 0.1) is 5.92 Å². The van der Waals surface area contributed by atoms with Gasteiger partial charge < -0.3 is 10.0 Å². The molecule has 5 heteroatoms. The second kappa shape index (κ2) is 6.62. The maximum Gasteiger partial charge on any atom is 0.226 e. The van der Waals surface area contributed by atoms with E-state index in [4.69, 9.17) is 23.2 Å². The van der Waals surface area contributed by atoms with E-state index in [0.29, 0.717) is 16.5 Å². The number of aliphatic hydroxyl groups is 1. The highest BCUT2D eigenvalue weighted by Crippen LogP contribution is 2.35. The first-order chi connectivity index (χ1) is 10.9. The maximum atomic E-state index is 12.8. The van der Waals surface area contributed by atoms with Gasteiger partial charge in [-0.1, -0.05) is 29.3 Å². The number of hydrogen-bond donors (Lipinski definition) is 1. The minimum absolute atomic E-state index is 0.0326. The highest BCUT2D eigenvalue weighted by Gasteiger charge is 2.39. The van der Waals surface area contributed by atoms with Gasteiger partial charge in [-0.25, -0.2) is 0 Å². The molecule has 1 saturated carbocycles. The molecule has 126 valence electrons. The minimum Gasteiger partial charge on any atom is -0.390 e. The fourth-order valence-electron chi connectivity index (χ4n) is 3.82. The van der Waals surface area contributed by atoms with E-state index in [0.717, 1.165) is 44.2 Å². The maximum absolute atomic E-state index is 12.8. The molecule has 3 nitrogen and oxygen atoms in total. The third kappa shape index (κ3) is 3.67. The molecule has 0 spiro atoms. The van der Waals surface area contributed by atoms with Crippen LogP contribution in [0.1, 0.15) is 44.6 Å². The molecule has 1 N–H and O–H groups in total. The Bertz CT molecular complexity index is 572. The molecule has 2 fully saturated rings. The Morgan fingerprint density at radius 2 is 1.83 bits per heavy atom. The van der Waals surface area contributed by atoms with Crippen molar-refractivity contribution in [2.75, 3.05) is 6.54 Å². The smallest absolute Gasteiger partial charge is 0.226 e. The molecule has 1 saturated heterocycles. The van der Waals surface area contributed by atoms with Crippen LogP contribution in [0.4, 0.5) is 0 Å². The van der Waals surface area contributed by atoms with Gasteiger partial charge in [0.2, 0.25) is 5.91 Å². The van der Waals surface area contributed by atoms with E-state index in [-0.39, 0.29) is 17.9 Å². The van der Waals surface area contributed by atoms with Gasteiger partial charge in [-0.05, 0) is 63.1 Å². The monoisotopic (exact) mass is 355 g/mol. The molecule has 0 bridgehead atoms. The summed E-state index contributed by atoms with van der Waals surface area (Å²) in [6, 6.07) is 5.74. The third-order valence-electron chi connectivity index (χ3n) is 5.34. The number of amides is 1. The molecule has 3 rings (SSSR count). The molecule has 1 heterocycles. The lowest BCUT2D eigenvalue weighted by Gasteiger charge is -2.37. The molecule has 23 heavy (non-hydrogen) atoms. The molecule has 1 aliphatic carbocycles. The average Bonchev–Trinajstić information content (AvgIpc) is 2.84. The number of hydrogen-bond acceptors (Lipinski definition) is 2. The van der Waals surface area contributed by atoms with Gasteiger partial charge in [0.25, 0.3) is 0 Å². The van der Waals surface area contributed by atoms with Crippen LogP contribution in [0.25, 0.3) is 0 Å². The summed E-state index contributed by atoms with van der Waals surface area (Å²) in [5, 5.41) is 11.3. The van der Waals surface area contributed by atoms with E-state index in [1.165, 1.54) is 0 Å². The Kier molecular flexibility index (Phi) is 4.91. The number of halogens is 2. The summed E-state index contributed by atoms with van der Waals surface area (Å²) in [4.78, 5) is 14.8. The van der Waals surface area contributed by atoms with E-state index in [1.807, 2.05) is 30.0 Å². The zero-order valence-corrected chi connectivity index (χ0v) is 14.9. The van der Waals surface area contributed by atoms with Gasteiger partial charge in [-0.15, -0.1) is 0 Å². The molecule has 1 amide bonds. The SMILES string of the molecule is CC1(O)CCC(N2CCC(Cc3c(Cl)cccc3Cl)C2=O)CC1. The van der Waals surface area contributed by atoms with Gasteiger partial charge in [0, 0.05) is 28.5 Å². The number of nitrogens with zero attached hydrogens (tertiary/aromatic N) is 1. The van der Waals surface area contributed by atoms with Gasteiger partial charge in [-0.3, -0.25) is 4.79 Å². The minimum atomic E-state index is -0.566. The molecule has 1 atom stereocenters. The van der Waals surface area contributed by atoms with Crippen molar-refractivity contribution in [3.63, 3.8) is 0 Å². The summed E-state index contributed by atoms with van der Waals surface area (Å²) in [7, 11) is 0. The lowest BCUT2D eigenvalue weighted by molar-refractivity contribution is -0.134. The van der Waals surface area contributed by atoms with Crippen molar-refractivity contribution in [1.82, 2.24) is 4.90 Å². The predicted octanol–water partition coefficient (Wildman–Crippen LogP) is 4.08. The van der Waals surface area contributed by atoms with E-state index >= 15 is 0 Å². The Morgan fingerprint density at radius 1 is 1.22 bits per heavy atom. The van der Waals surface area contributed by atoms with Crippen LogP contribution in [0.5, 0.6) is 0 Å². The highest BCUT2D eigenvalue weighted by molar-refractivity contribution is 6.36. The second-order valence-corrected chi connectivity index (χ2v) is 7.96. The quantitative estimate of drug-likeness (QED) is 0.887. The number of likely N-dealkylation sites (tertiary alicyclic amines) is 1. The van der Waals surface area contributed by atoms with Crippen LogP contribution in [-0.2, 0) is 11.2 Å². The van der Waals surface area contributed by atoms with Crippen molar-refractivity contribution in [2.45, 2.75) is 57.1 Å². The first-order valence-corrected chi connectivity index (χ1v) is 9.09. The average molecular weight is 356 g/mol. The Balaban J connectivity index is 1.65. The van der Waals surface area contributed by atoms with Gasteiger partial charge in [0.05, 0.1) is 5.60 Å². The van der Waals surface area contributed by atoms with Crippen LogP contribution < -0.4 is 0 Å². The van der Waals surface area contributed by atoms with Crippen molar-refractivity contribution < 1.29 is 9.90 Å². The Morgan fingerprint density at radius 3 is 2.43 bits per heavy atom. The van der Waals surface area contributed by atoms with Crippen LogP contribution in [0.2, 0.25) is 10.0 Å². The van der Waals surface area contributed by atoms with Crippen molar-refractivity contribution in [3.05, 3.63) is 33.8 Å². The molecule has 0 aromatic heterocycles. The summed E-state index contributed by atoms with van der Waals surface area (Å²) in [6.07, 6.45) is 4.77. The van der Waals surface area contributed by atoms with Gasteiger partial charge in [-0.2, -0.15) is 0 Å². The first-order valence-electron chi connectivity index (χ1n) is 8.33. The van der Waals surface area contributed by atoms with Crippen molar-refractivity contribution in [3.8, 4) is 0 Å². The van der Waals surface area contributed by atoms with E-state index < -0.39 is 5.60 Å². The van der Waals surface area contributed by atoms with Crippen LogP contribution in [-0.4, -0.2) is 34.1 Å². The molecule has 1 aromatic rings. The standard InChI is InChI=1S/C18H23Cl2NO2/c1-18(23)8-5-13(6-9-18)21-10-7-12(17(21)22)11-14-15(19)3-2-4-16(14)20/h2-4,12-13,23H,5-11H2,1H3. The molecular formula is C18H23Cl2NO2. The molecule has 0 radical (unpaired) electrons. The van der Waals surface area contributed by atoms with Crippen LogP contribution >= 0.6 is 23.2 Å². The lowest BCUT2D eigenvalue weighted by atomic mass is 9.83. The lowest BCUT2D eigenvalue weighted by Crippen LogP contribution is -2.43. The summed E-state index contributed by atoms with van der Waals surface area (Å²) in [5.41, 5.74) is 0.312. The highest BCUT2D eigenvalue weighted by atomic mass is 35.5. The molecule has 1 aliphatic heterocycles. The normalized spacial score (nSPS) is 31.7. The topological polar surface area (TPSA) is 40.5 Å². The van der Waals surface area contributed by atoms with E-state index in [1.54, 1.807) is 0 Å². The molecular weight excluding hydrogens is 333 g/mol. The largest absolute Gasteiger partial charge is 0.390 e. The summed E-state index contributed by atoms with van der Waals surface area (Å²) in [6.45, 7) is 2.69. The van der Waals surface area contributed by atoms with E-state index in [9.17, 15) is 9.90 Å². The fourth-order valence-corrected chi connectivity index (χ4v) is 4.38. The van der Waals surface area contributed by atoms with E-state index in [2.05, 4.69) is 0 Å². The summed E-state index contributed by atoms with van der Waals surface area (Å²) in [5.74, 6) is 0.183. The van der Waals surface area contributed by atoms with Crippen LogP contribution in [0.15, 0.2) is 18.2 Å². The molecule has 2 aliphatic rings. The third-order valence-corrected chi connectivity index (χ3v) is 6.04. The van der Waals surface area contributed by atoms with Gasteiger partial charge in [0.1, 0.15) is 0 Å². The number of benzene rings is 1. The Labute approximate surface area is 147 Å².